The van der Waals surface area contributed by atoms with E-state index in [1.54, 1.807) is 11.5 Å². The number of hydrogen-bond donors (Lipinski definition) is 3. The number of aliphatic hydroxyl groups excluding tert-OH is 1. The smallest absolute Gasteiger partial charge is 0.280 e. The van der Waals surface area contributed by atoms with Crippen molar-refractivity contribution >= 4 is 17.1 Å². The summed E-state index contributed by atoms with van der Waals surface area (Å²) in [6.45, 7) is 10.1. The van der Waals surface area contributed by atoms with Crippen molar-refractivity contribution in [2.75, 3.05) is 11.9 Å². The molecule has 2 fully saturated rings. The predicted octanol–water partition coefficient (Wildman–Crippen LogP) is 0.986. The van der Waals surface area contributed by atoms with Crippen LogP contribution in [0.25, 0.3) is 11.2 Å². The Kier molecular flexibility index (Phi) is 4.69. The summed E-state index contributed by atoms with van der Waals surface area (Å²) in [6.07, 6.45) is -1.30. The molecule has 2 saturated heterocycles. The Morgan fingerprint density at radius 3 is 2.71 bits per heavy atom. The van der Waals surface area contributed by atoms with Gasteiger partial charge in [-0.05, 0) is 26.7 Å². The van der Waals surface area contributed by atoms with Crippen LogP contribution >= 0.6 is 0 Å². The van der Waals surface area contributed by atoms with E-state index < -0.39 is 36.4 Å². The molecule has 0 aromatic carbocycles. The molecule has 2 aromatic rings. The maximum absolute atomic E-state index is 12.4. The first-order valence-corrected chi connectivity index (χ1v) is 9.56. The van der Waals surface area contributed by atoms with Crippen molar-refractivity contribution in [3.05, 3.63) is 16.7 Å². The molecule has 10 heteroatoms. The van der Waals surface area contributed by atoms with Gasteiger partial charge in [-0.2, -0.15) is 4.98 Å². The van der Waals surface area contributed by atoms with Gasteiger partial charge >= 0.3 is 0 Å². The molecule has 0 aliphatic carbocycles. The maximum atomic E-state index is 12.4. The molecule has 0 spiro atoms. The van der Waals surface area contributed by atoms with Crippen LogP contribution in [0.1, 0.15) is 40.8 Å². The zero-order chi connectivity index (χ0) is 20.2. The van der Waals surface area contributed by atoms with E-state index >= 15 is 0 Å². The Balaban J connectivity index is 1.73. The quantitative estimate of drug-likeness (QED) is 0.687. The number of aliphatic hydroxyl groups is 1. The lowest BCUT2D eigenvalue weighted by Crippen LogP contribution is -2.36. The number of rotatable bonds is 5. The summed E-state index contributed by atoms with van der Waals surface area (Å²) in [5, 5.41) is 13.3. The van der Waals surface area contributed by atoms with E-state index in [1.165, 1.54) is 6.33 Å². The number of imidazole rings is 1. The molecule has 28 heavy (non-hydrogen) atoms. The van der Waals surface area contributed by atoms with Crippen molar-refractivity contribution in [3.8, 4) is 0 Å². The maximum Gasteiger partial charge on any atom is 0.280 e. The van der Waals surface area contributed by atoms with E-state index in [2.05, 4.69) is 34.1 Å². The van der Waals surface area contributed by atoms with E-state index in [1.807, 2.05) is 13.8 Å². The predicted molar refractivity (Wildman–Crippen MR) is 101 cm³/mol. The van der Waals surface area contributed by atoms with E-state index in [0.717, 1.165) is 0 Å². The average molecular weight is 393 g/mol. The Bertz CT molecular complexity index is 921. The lowest BCUT2D eigenvalue weighted by Gasteiger charge is -2.25. The summed E-state index contributed by atoms with van der Waals surface area (Å²) in [6, 6.07) is 0. The van der Waals surface area contributed by atoms with Gasteiger partial charge in [-0.25, -0.2) is 4.98 Å². The molecule has 4 heterocycles. The molecule has 0 amide bonds. The van der Waals surface area contributed by atoms with Crippen LogP contribution in [0.2, 0.25) is 0 Å². The highest BCUT2D eigenvalue weighted by atomic mass is 16.8. The van der Waals surface area contributed by atoms with Gasteiger partial charge in [0.1, 0.15) is 18.3 Å². The normalized spacial score (nSPS) is 30.1. The third-order valence-electron chi connectivity index (χ3n) is 4.92. The van der Waals surface area contributed by atoms with Crippen LogP contribution in [0, 0.1) is 5.92 Å². The fraction of sp³-hybridized carbons (Fsp3) is 0.722. The third kappa shape index (κ3) is 3.30. The second-order valence-electron chi connectivity index (χ2n) is 8.31. The minimum atomic E-state index is -0.796. The average Bonchev–Trinajstić information content (AvgIpc) is 3.23. The molecule has 0 bridgehead atoms. The number of hydrogen-bond acceptors (Lipinski definition) is 8. The van der Waals surface area contributed by atoms with Gasteiger partial charge in [-0.1, -0.05) is 13.8 Å². The molecule has 0 radical (unpaired) electrons. The number of aromatic amines is 1. The molecule has 3 N–H and O–H groups in total. The fourth-order valence-corrected chi connectivity index (χ4v) is 3.72. The summed E-state index contributed by atoms with van der Waals surface area (Å²) < 4.78 is 19.7. The molecule has 154 valence electrons. The monoisotopic (exact) mass is 393 g/mol. The van der Waals surface area contributed by atoms with Crippen LogP contribution in [0.3, 0.4) is 0 Å². The lowest BCUT2D eigenvalue weighted by atomic mass is 10.1. The zero-order valence-corrected chi connectivity index (χ0v) is 16.7. The van der Waals surface area contributed by atoms with Crippen LogP contribution in [0.15, 0.2) is 11.1 Å². The minimum absolute atomic E-state index is 0.217. The zero-order valence-electron chi connectivity index (χ0n) is 16.7. The van der Waals surface area contributed by atoms with Crippen LogP contribution in [0.5, 0.6) is 0 Å². The number of nitrogens with one attached hydrogen (secondary N) is 2. The number of anilines is 1. The third-order valence-corrected chi connectivity index (χ3v) is 4.92. The highest BCUT2D eigenvalue weighted by Crippen LogP contribution is 2.44. The van der Waals surface area contributed by atoms with Crippen molar-refractivity contribution in [1.29, 1.82) is 0 Å². The summed E-state index contributed by atoms with van der Waals surface area (Å²) >= 11 is 0. The number of aromatic nitrogens is 4. The Morgan fingerprint density at radius 1 is 1.32 bits per heavy atom. The molecule has 0 saturated carbocycles. The van der Waals surface area contributed by atoms with Gasteiger partial charge in [0.15, 0.2) is 23.2 Å². The first-order chi connectivity index (χ1) is 13.2. The lowest BCUT2D eigenvalue weighted by molar-refractivity contribution is -0.205. The van der Waals surface area contributed by atoms with Gasteiger partial charge in [0.05, 0.1) is 12.4 Å². The number of fused-ring (bicyclic) bond motifs is 2. The van der Waals surface area contributed by atoms with Gasteiger partial charge in [0, 0.05) is 6.54 Å². The van der Waals surface area contributed by atoms with Gasteiger partial charge in [0.2, 0.25) is 5.95 Å². The summed E-state index contributed by atoms with van der Waals surface area (Å²) in [5.41, 5.74) is 0.271. The van der Waals surface area contributed by atoms with Crippen LogP contribution in [-0.4, -0.2) is 61.4 Å². The van der Waals surface area contributed by atoms with Gasteiger partial charge in [-0.15, -0.1) is 0 Å². The molecule has 10 nitrogen and oxygen atoms in total. The van der Waals surface area contributed by atoms with Crippen molar-refractivity contribution in [3.63, 3.8) is 0 Å². The fourth-order valence-electron chi connectivity index (χ4n) is 3.72. The second kappa shape index (κ2) is 6.80. The molecule has 2 aliphatic rings. The van der Waals surface area contributed by atoms with Crippen molar-refractivity contribution < 1.29 is 19.3 Å². The van der Waals surface area contributed by atoms with Gasteiger partial charge in [0.25, 0.3) is 5.56 Å². The molecule has 2 aliphatic heterocycles. The molecule has 4 rings (SSSR count). The molecular formula is C18H27N5O5. The molecular weight excluding hydrogens is 366 g/mol. The van der Waals surface area contributed by atoms with E-state index in [4.69, 9.17) is 14.2 Å². The van der Waals surface area contributed by atoms with E-state index in [9.17, 15) is 9.90 Å². The molecule has 2 aromatic heterocycles. The van der Waals surface area contributed by atoms with Crippen LogP contribution in [0.4, 0.5) is 5.95 Å². The topological polar surface area (TPSA) is 124 Å². The van der Waals surface area contributed by atoms with E-state index in [0.29, 0.717) is 24.1 Å². The first-order valence-electron chi connectivity index (χ1n) is 9.56. The van der Waals surface area contributed by atoms with Crippen LogP contribution in [-0.2, 0) is 14.2 Å². The largest absolute Gasteiger partial charge is 0.391 e. The highest BCUT2D eigenvalue weighted by molar-refractivity contribution is 5.71. The highest BCUT2D eigenvalue weighted by Gasteiger charge is 2.57. The minimum Gasteiger partial charge on any atom is -0.391 e. The molecule has 1 unspecified atom stereocenters. The summed E-state index contributed by atoms with van der Waals surface area (Å²) in [4.78, 5) is 23.9. The van der Waals surface area contributed by atoms with E-state index in [-0.39, 0.29) is 11.1 Å². The Hall–Kier alpha value is -2.01. The number of nitrogens with zero attached hydrogens (tertiary/aromatic N) is 3. The number of H-pyrrole nitrogens is 1. The van der Waals surface area contributed by atoms with Crippen LogP contribution < -0.4 is 10.9 Å². The first kappa shape index (κ1) is 19.3. The Morgan fingerprint density at radius 2 is 2.04 bits per heavy atom. The Labute approximate surface area is 162 Å². The second-order valence-corrected chi connectivity index (χ2v) is 8.31. The SMILES string of the molecule is CC(C)CNc1nc2c(ncn2[C@@H]2O[C@H]([C@@H](C)O)[C@@H]3OC(C)(C)OC32)c(=O)[nH]1. The number of ether oxygens (including phenoxy) is 3. The van der Waals surface area contributed by atoms with Crippen molar-refractivity contribution in [2.45, 2.75) is 71.0 Å². The van der Waals surface area contributed by atoms with Gasteiger partial charge in [-0.3, -0.25) is 14.3 Å². The molecule has 5 atom stereocenters. The van der Waals surface area contributed by atoms with Crippen molar-refractivity contribution in [1.82, 2.24) is 19.5 Å². The van der Waals surface area contributed by atoms with Gasteiger partial charge < -0.3 is 24.6 Å². The summed E-state index contributed by atoms with van der Waals surface area (Å²) in [5.74, 6) is -0.0307. The van der Waals surface area contributed by atoms with Crippen molar-refractivity contribution in [2.24, 2.45) is 5.92 Å². The summed E-state index contributed by atoms with van der Waals surface area (Å²) in [7, 11) is 0. The standard InChI is InChI=1S/C18H27N5O5/c1-8(2)6-19-17-21-14-10(15(25)22-17)20-7-23(14)16-13-12(11(26-16)9(3)24)27-18(4,5)28-13/h7-9,11-13,16,24H,6H2,1-5H3,(H2,19,21,22,25)/t9-,11-,12+,13?,16-/m1/s1.